The van der Waals surface area contributed by atoms with Crippen LogP contribution >= 0.6 is 0 Å². The maximum Gasteiger partial charge on any atom is 0.442 e. The zero-order valence-corrected chi connectivity index (χ0v) is 27.4. The minimum atomic E-state index is -3.27. The molecular formula is C33H34F2N6O6S. The quantitative estimate of drug-likeness (QED) is 0.280. The van der Waals surface area contributed by atoms with E-state index >= 15 is 4.39 Å². The number of carbonyl (C=O) groups excluding carboxylic acids is 4. The fraction of sp³-hybridized carbons (Fsp3) is 0.303. The van der Waals surface area contributed by atoms with Gasteiger partial charge >= 0.3 is 6.09 Å². The van der Waals surface area contributed by atoms with Crippen molar-refractivity contribution in [3.8, 4) is 11.1 Å². The van der Waals surface area contributed by atoms with Crippen molar-refractivity contribution in [3.63, 3.8) is 0 Å². The van der Waals surface area contributed by atoms with Crippen molar-refractivity contribution in [1.29, 1.82) is 0 Å². The number of anilines is 1. The minimum absolute atomic E-state index is 0.0305. The Bertz CT molecular complexity index is 2070. The molecule has 3 atom stereocenters. The topological polar surface area (TPSA) is 166 Å². The highest BCUT2D eigenvalue weighted by atomic mass is 32.2. The second kappa shape index (κ2) is 13.1. The molecule has 5 rings (SSSR count). The lowest BCUT2D eigenvalue weighted by Crippen LogP contribution is -2.44. The number of hydrogen-bond acceptors (Lipinski definition) is 7. The fourth-order valence-corrected chi connectivity index (χ4v) is 6.50. The number of halogens is 2. The first kappa shape index (κ1) is 34.2. The van der Waals surface area contributed by atoms with Gasteiger partial charge in [0.15, 0.2) is 11.5 Å². The molecule has 0 saturated carbocycles. The largest absolute Gasteiger partial charge is 0.442 e. The van der Waals surface area contributed by atoms with E-state index in [0.29, 0.717) is 16.5 Å². The third-order valence-electron chi connectivity index (χ3n) is 7.53. The highest BCUT2D eigenvalue weighted by Crippen LogP contribution is 2.31. The predicted octanol–water partition coefficient (Wildman–Crippen LogP) is 4.91. The summed E-state index contributed by atoms with van der Waals surface area (Å²) in [7, 11) is -3.27. The monoisotopic (exact) mass is 680 g/mol. The Hall–Kier alpha value is -5.18. The smallest absolute Gasteiger partial charge is 0.442 e. The Morgan fingerprint density at radius 1 is 1.08 bits per heavy atom. The first-order valence-corrected chi connectivity index (χ1v) is 16.8. The average Bonchev–Trinajstić information content (AvgIpc) is 3.58. The van der Waals surface area contributed by atoms with E-state index in [1.54, 1.807) is 51.1 Å². The molecule has 1 fully saturated rings. The number of nitrogens with two attached hydrogens (primary N) is 1. The molecule has 4 aromatic rings. The van der Waals surface area contributed by atoms with Gasteiger partial charge in [-0.3, -0.25) is 19.1 Å². The third-order valence-corrected chi connectivity index (χ3v) is 9.16. The number of aromatic nitrogens is 2. The summed E-state index contributed by atoms with van der Waals surface area (Å²) in [4.78, 5) is 52.1. The summed E-state index contributed by atoms with van der Waals surface area (Å²) in [5, 5.41) is 7.08. The molecule has 3 aromatic carbocycles. The molecule has 252 valence electrons. The van der Waals surface area contributed by atoms with Crippen LogP contribution in [0, 0.1) is 5.82 Å². The molecule has 0 bridgehead atoms. The first-order chi connectivity index (χ1) is 22.5. The molecule has 0 radical (unpaired) electrons. The highest BCUT2D eigenvalue weighted by molar-refractivity contribution is 7.93. The number of amides is 4. The van der Waals surface area contributed by atoms with Gasteiger partial charge in [0, 0.05) is 28.5 Å². The van der Waals surface area contributed by atoms with Crippen molar-refractivity contribution >= 4 is 50.1 Å². The highest BCUT2D eigenvalue weighted by Gasteiger charge is 2.40. The van der Waals surface area contributed by atoms with Gasteiger partial charge in [0.05, 0.1) is 27.5 Å². The molecule has 15 heteroatoms. The lowest BCUT2D eigenvalue weighted by Gasteiger charge is -2.24. The van der Waals surface area contributed by atoms with Crippen LogP contribution in [0.5, 0.6) is 0 Å². The van der Waals surface area contributed by atoms with Gasteiger partial charge in [-0.15, -0.1) is 4.36 Å². The normalized spacial score (nSPS) is 17.5. The molecule has 0 spiro atoms. The maximum absolute atomic E-state index is 15.9. The van der Waals surface area contributed by atoms with Crippen LogP contribution in [-0.4, -0.2) is 73.3 Å². The van der Waals surface area contributed by atoms with Crippen LogP contribution in [-0.2, 0) is 30.6 Å². The molecule has 1 saturated heterocycles. The Morgan fingerprint density at radius 3 is 2.50 bits per heavy atom. The number of hydrogen-bond donors (Lipinski definition) is 2. The van der Waals surface area contributed by atoms with E-state index in [1.165, 1.54) is 47.3 Å². The summed E-state index contributed by atoms with van der Waals surface area (Å²) in [5.41, 5.74) is 5.13. The number of primary amides is 1. The Labute approximate surface area is 275 Å². The fourth-order valence-electron chi connectivity index (χ4n) is 5.40. The second-order valence-electron chi connectivity index (χ2n) is 12.3. The maximum atomic E-state index is 15.9. The average molecular weight is 681 g/mol. The number of benzene rings is 3. The number of para-hydroxylation sites is 1. The standard InChI is InChI=1S/C33H34F2N6O6S/c1-33(2,3)47-32(45)39-48(4,46)21-10-7-9-19(15-21)22-12-8-13-24(28(22)35)37-31(44)26-16-20(34)17-40(26)27(42)18-41-25-14-6-5-11-23(25)29(38-41)30(36)43/h5-15,20,26H,16-18H2,1-4H3,(H2,36,43)(H,37,44)/t20-,26+,48?/m1/s1. The lowest BCUT2D eigenvalue weighted by molar-refractivity contribution is -0.137. The van der Waals surface area contributed by atoms with E-state index < -0.39 is 63.7 Å². The summed E-state index contributed by atoms with van der Waals surface area (Å²) in [6.07, 6.45) is -1.55. The van der Waals surface area contributed by atoms with Crippen LogP contribution in [0.25, 0.3) is 22.0 Å². The molecule has 4 amide bonds. The number of carbonyl (C=O) groups is 4. The van der Waals surface area contributed by atoms with Gasteiger partial charge in [0.2, 0.25) is 11.8 Å². The molecule has 1 aliphatic heterocycles. The molecule has 0 aliphatic carbocycles. The molecule has 1 aromatic heterocycles. The van der Waals surface area contributed by atoms with Crippen molar-refractivity contribution in [2.45, 2.75) is 56.4 Å². The number of nitrogens with zero attached hydrogens (tertiary/aromatic N) is 4. The molecule has 48 heavy (non-hydrogen) atoms. The summed E-state index contributed by atoms with van der Waals surface area (Å²) >= 11 is 0. The molecule has 3 N–H and O–H groups in total. The predicted molar refractivity (Wildman–Crippen MR) is 175 cm³/mol. The van der Waals surface area contributed by atoms with Crippen molar-refractivity contribution in [3.05, 3.63) is 78.2 Å². The molecule has 1 unspecified atom stereocenters. The molecule has 1 aliphatic rings. The van der Waals surface area contributed by atoms with Crippen LogP contribution in [0.15, 0.2) is 76.0 Å². The Kier molecular flexibility index (Phi) is 9.35. The van der Waals surface area contributed by atoms with Gasteiger partial charge in [-0.25, -0.2) is 17.8 Å². The van der Waals surface area contributed by atoms with Gasteiger partial charge in [-0.1, -0.05) is 42.5 Å². The van der Waals surface area contributed by atoms with E-state index in [9.17, 15) is 27.8 Å². The number of rotatable bonds is 7. The van der Waals surface area contributed by atoms with E-state index in [-0.39, 0.29) is 34.8 Å². The second-order valence-corrected chi connectivity index (χ2v) is 14.6. The molecular weight excluding hydrogens is 646 g/mol. The Balaban J connectivity index is 1.36. The molecule has 2 heterocycles. The van der Waals surface area contributed by atoms with Gasteiger partial charge in [0.1, 0.15) is 24.4 Å². The number of likely N-dealkylation sites (tertiary alicyclic amines) is 1. The van der Waals surface area contributed by atoms with E-state index in [1.807, 2.05) is 0 Å². The Morgan fingerprint density at radius 2 is 1.79 bits per heavy atom. The van der Waals surface area contributed by atoms with Crippen LogP contribution in [0.3, 0.4) is 0 Å². The molecule has 12 nitrogen and oxygen atoms in total. The SMILES string of the molecule is CC(C)(C)OC(=O)N=S(C)(=O)c1cccc(-c2cccc(NC(=O)[C@@H]3C[C@@H](F)CN3C(=O)Cn3nc(C(N)=O)c4ccccc43)c2F)c1. The number of fused-ring (bicyclic) bond motifs is 1. The summed E-state index contributed by atoms with van der Waals surface area (Å²) in [6.45, 7) is 4.19. The van der Waals surface area contributed by atoms with Gasteiger partial charge < -0.3 is 20.7 Å². The number of alkyl halides is 1. The van der Waals surface area contributed by atoms with Gasteiger partial charge in [0.25, 0.3) is 5.91 Å². The zero-order valence-electron chi connectivity index (χ0n) is 26.6. The summed E-state index contributed by atoms with van der Waals surface area (Å²) < 4.78 is 54.0. The third kappa shape index (κ3) is 7.35. The summed E-state index contributed by atoms with van der Waals surface area (Å²) in [6, 6.07) is 15.7. The number of ether oxygens (including phenoxy) is 1. The van der Waals surface area contributed by atoms with Crippen LogP contribution in [0.2, 0.25) is 0 Å². The van der Waals surface area contributed by atoms with Gasteiger partial charge in [-0.05, 0) is 50.6 Å². The zero-order chi connectivity index (χ0) is 35.0. The van der Waals surface area contributed by atoms with Crippen molar-refractivity contribution in [2.75, 3.05) is 18.1 Å². The van der Waals surface area contributed by atoms with E-state index in [4.69, 9.17) is 10.5 Å². The van der Waals surface area contributed by atoms with Crippen LogP contribution < -0.4 is 11.1 Å². The van der Waals surface area contributed by atoms with E-state index in [2.05, 4.69) is 14.8 Å². The van der Waals surface area contributed by atoms with Crippen LogP contribution in [0.1, 0.15) is 37.7 Å². The minimum Gasteiger partial charge on any atom is -0.442 e. The number of nitrogens with one attached hydrogen (secondary N) is 1. The lowest BCUT2D eigenvalue weighted by atomic mass is 10.0. The van der Waals surface area contributed by atoms with E-state index in [0.717, 1.165) is 4.90 Å². The van der Waals surface area contributed by atoms with Crippen molar-refractivity contribution in [1.82, 2.24) is 14.7 Å². The summed E-state index contributed by atoms with van der Waals surface area (Å²) in [5.74, 6) is -3.05. The first-order valence-electron chi connectivity index (χ1n) is 14.9. The van der Waals surface area contributed by atoms with Gasteiger partial charge in [-0.2, -0.15) is 5.10 Å². The van der Waals surface area contributed by atoms with Crippen LogP contribution in [0.4, 0.5) is 19.3 Å². The van der Waals surface area contributed by atoms with Crippen molar-refractivity contribution in [2.24, 2.45) is 10.1 Å². The van der Waals surface area contributed by atoms with Crippen molar-refractivity contribution < 1.29 is 36.9 Å².